The van der Waals surface area contributed by atoms with Crippen LogP contribution >= 0.6 is 15.9 Å². The number of hydrogen-bond acceptors (Lipinski definition) is 2. The van der Waals surface area contributed by atoms with Gasteiger partial charge in [-0.15, -0.1) is 0 Å². The summed E-state index contributed by atoms with van der Waals surface area (Å²) < 4.78 is 15.8. The molecule has 3 rings (SSSR count). The van der Waals surface area contributed by atoms with Crippen LogP contribution < -0.4 is 0 Å². The molecule has 20 heavy (non-hydrogen) atoms. The first-order chi connectivity index (χ1) is 9.58. The Hall–Kier alpha value is -2.21. The Bertz CT molecular complexity index is 815. The van der Waals surface area contributed by atoms with Crippen molar-refractivity contribution in [1.82, 2.24) is 9.61 Å². The summed E-state index contributed by atoms with van der Waals surface area (Å²) >= 11 is 3.16. The quantitative estimate of drug-likeness (QED) is 0.779. The molecule has 0 saturated carbocycles. The van der Waals surface area contributed by atoms with Gasteiger partial charge in [-0.25, -0.2) is 13.7 Å². The fourth-order valence-corrected chi connectivity index (χ4v) is 2.50. The molecule has 0 aliphatic heterocycles. The Labute approximate surface area is 121 Å². The number of aromatic carboxylic acids is 1. The molecule has 6 heteroatoms. The molecule has 3 aromatic rings. The van der Waals surface area contributed by atoms with Crippen molar-refractivity contribution in [2.75, 3.05) is 0 Å². The maximum Gasteiger partial charge on any atom is 0.340 e. The average Bonchev–Trinajstić information content (AvgIpc) is 2.79. The van der Waals surface area contributed by atoms with Crippen molar-refractivity contribution < 1.29 is 14.3 Å². The number of carboxylic acid groups (broad SMARTS) is 1. The van der Waals surface area contributed by atoms with Gasteiger partial charge in [0.25, 0.3) is 0 Å². The van der Waals surface area contributed by atoms with Crippen LogP contribution in [-0.4, -0.2) is 20.7 Å². The molecule has 0 radical (unpaired) electrons. The Morgan fingerprint density at radius 2 is 2.00 bits per heavy atom. The molecule has 0 aliphatic carbocycles. The van der Waals surface area contributed by atoms with Gasteiger partial charge in [0.15, 0.2) is 5.82 Å². The number of hydrogen-bond donors (Lipinski definition) is 1. The van der Waals surface area contributed by atoms with Gasteiger partial charge in [0, 0.05) is 16.2 Å². The maximum atomic E-state index is 14.0. The Morgan fingerprint density at radius 3 is 2.65 bits per heavy atom. The molecule has 0 aliphatic rings. The van der Waals surface area contributed by atoms with Crippen LogP contribution in [0.15, 0.2) is 47.1 Å². The SMILES string of the molecule is O=C(O)c1c(-c2ccccc2)nn2cc(Br)cc(F)c12. The molecule has 0 amide bonds. The van der Waals surface area contributed by atoms with E-state index in [1.807, 2.05) is 6.07 Å². The average molecular weight is 335 g/mol. The molecule has 0 saturated heterocycles. The van der Waals surface area contributed by atoms with E-state index in [4.69, 9.17) is 0 Å². The van der Waals surface area contributed by atoms with Gasteiger partial charge in [-0.2, -0.15) is 5.10 Å². The van der Waals surface area contributed by atoms with Crippen LogP contribution in [0.3, 0.4) is 0 Å². The second-order valence-corrected chi connectivity index (χ2v) is 5.11. The third-order valence-corrected chi connectivity index (χ3v) is 3.34. The first-order valence-corrected chi connectivity index (χ1v) is 6.53. The summed E-state index contributed by atoms with van der Waals surface area (Å²) in [6.07, 6.45) is 1.53. The van der Waals surface area contributed by atoms with Gasteiger partial charge in [0.05, 0.1) is 0 Å². The predicted molar refractivity (Wildman–Crippen MR) is 75.2 cm³/mol. The summed E-state index contributed by atoms with van der Waals surface area (Å²) in [6, 6.07) is 10.1. The molecule has 1 aromatic carbocycles. The Morgan fingerprint density at radius 1 is 1.30 bits per heavy atom. The molecule has 1 N–H and O–H groups in total. The lowest BCUT2D eigenvalue weighted by atomic mass is 10.1. The smallest absolute Gasteiger partial charge is 0.340 e. The molecule has 100 valence electrons. The second-order valence-electron chi connectivity index (χ2n) is 4.19. The third-order valence-electron chi connectivity index (χ3n) is 2.91. The lowest BCUT2D eigenvalue weighted by Gasteiger charge is -1.99. The number of fused-ring (bicyclic) bond motifs is 1. The van der Waals surface area contributed by atoms with Crippen molar-refractivity contribution in [3.63, 3.8) is 0 Å². The van der Waals surface area contributed by atoms with Gasteiger partial charge in [-0.05, 0) is 22.0 Å². The van der Waals surface area contributed by atoms with Crippen LogP contribution in [0.4, 0.5) is 4.39 Å². The molecule has 0 fully saturated rings. The van der Waals surface area contributed by atoms with E-state index in [0.29, 0.717) is 10.0 Å². The lowest BCUT2D eigenvalue weighted by molar-refractivity contribution is 0.0699. The first kappa shape index (κ1) is 12.8. The van der Waals surface area contributed by atoms with Gasteiger partial charge in [-0.3, -0.25) is 0 Å². The first-order valence-electron chi connectivity index (χ1n) is 5.74. The zero-order valence-electron chi connectivity index (χ0n) is 10.0. The van der Waals surface area contributed by atoms with Gasteiger partial charge in [-0.1, -0.05) is 30.3 Å². The molecule has 4 nitrogen and oxygen atoms in total. The van der Waals surface area contributed by atoms with Crippen molar-refractivity contribution in [2.45, 2.75) is 0 Å². The van der Waals surface area contributed by atoms with Crippen LogP contribution in [0.25, 0.3) is 16.8 Å². The number of carbonyl (C=O) groups is 1. The van der Waals surface area contributed by atoms with Crippen molar-refractivity contribution in [1.29, 1.82) is 0 Å². The van der Waals surface area contributed by atoms with E-state index >= 15 is 0 Å². The topological polar surface area (TPSA) is 54.6 Å². The highest BCUT2D eigenvalue weighted by Gasteiger charge is 2.23. The van der Waals surface area contributed by atoms with Crippen LogP contribution in [0, 0.1) is 5.82 Å². The lowest BCUT2D eigenvalue weighted by Crippen LogP contribution is -1.99. The zero-order chi connectivity index (χ0) is 14.3. The van der Waals surface area contributed by atoms with E-state index < -0.39 is 11.8 Å². The highest BCUT2D eigenvalue weighted by molar-refractivity contribution is 9.10. The Kier molecular flexibility index (Phi) is 3.02. The van der Waals surface area contributed by atoms with Crippen LogP contribution in [0.5, 0.6) is 0 Å². The van der Waals surface area contributed by atoms with Crippen molar-refractivity contribution in [2.24, 2.45) is 0 Å². The molecule has 0 spiro atoms. The third kappa shape index (κ3) is 1.98. The highest BCUT2D eigenvalue weighted by Crippen LogP contribution is 2.29. The van der Waals surface area contributed by atoms with Gasteiger partial charge < -0.3 is 5.11 Å². The number of rotatable bonds is 2. The van der Waals surface area contributed by atoms with Crippen LogP contribution in [0.2, 0.25) is 0 Å². The van der Waals surface area contributed by atoms with E-state index in [1.165, 1.54) is 16.8 Å². The number of carboxylic acids is 1. The molecule has 2 heterocycles. The largest absolute Gasteiger partial charge is 0.478 e. The number of pyridine rings is 1. The summed E-state index contributed by atoms with van der Waals surface area (Å²) in [5.74, 6) is -1.84. The predicted octanol–water partition coefficient (Wildman–Crippen LogP) is 3.60. The zero-order valence-corrected chi connectivity index (χ0v) is 11.6. The van der Waals surface area contributed by atoms with Gasteiger partial charge in [0.1, 0.15) is 16.8 Å². The minimum atomic E-state index is -1.21. The molecular weight excluding hydrogens is 327 g/mol. The number of aromatic nitrogens is 2. The van der Waals surface area contributed by atoms with Crippen molar-refractivity contribution >= 4 is 27.4 Å². The highest BCUT2D eigenvalue weighted by atomic mass is 79.9. The van der Waals surface area contributed by atoms with Crippen LogP contribution in [-0.2, 0) is 0 Å². The van der Waals surface area contributed by atoms with Crippen molar-refractivity contribution in [3.05, 3.63) is 58.4 Å². The van der Waals surface area contributed by atoms with Gasteiger partial charge >= 0.3 is 5.97 Å². The summed E-state index contributed by atoms with van der Waals surface area (Å²) in [6.45, 7) is 0. The number of nitrogens with zero attached hydrogens (tertiary/aromatic N) is 2. The molecule has 2 aromatic heterocycles. The fourth-order valence-electron chi connectivity index (χ4n) is 2.10. The summed E-state index contributed by atoms with van der Waals surface area (Å²) in [5.41, 5.74) is 0.694. The number of benzene rings is 1. The number of halogens is 2. The van der Waals surface area contributed by atoms with Gasteiger partial charge in [0.2, 0.25) is 0 Å². The molecule has 0 atom stereocenters. The second kappa shape index (κ2) is 4.72. The van der Waals surface area contributed by atoms with E-state index in [0.717, 1.165) is 0 Å². The molecule has 0 unspecified atom stereocenters. The molecular formula is C14H8BrFN2O2. The van der Waals surface area contributed by atoms with Crippen molar-refractivity contribution in [3.8, 4) is 11.3 Å². The molecule has 0 bridgehead atoms. The van der Waals surface area contributed by atoms with E-state index in [9.17, 15) is 14.3 Å². The summed E-state index contributed by atoms with van der Waals surface area (Å²) in [7, 11) is 0. The minimum Gasteiger partial charge on any atom is -0.478 e. The fraction of sp³-hybridized carbons (Fsp3) is 0. The van der Waals surface area contributed by atoms with Crippen LogP contribution in [0.1, 0.15) is 10.4 Å². The van der Waals surface area contributed by atoms with E-state index in [-0.39, 0.29) is 16.8 Å². The standard InChI is InChI=1S/C14H8BrFN2O2/c15-9-6-10(16)13-11(14(19)20)12(17-18(13)7-9)8-4-2-1-3-5-8/h1-7H,(H,19,20). The normalized spacial score (nSPS) is 10.9. The minimum absolute atomic E-state index is 0.0421. The summed E-state index contributed by atoms with van der Waals surface area (Å²) in [5, 5.41) is 13.6. The monoisotopic (exact) mass is 334 g/mol. The Balaban J connectivity index is 2.41. The summed E-state index contributed by atoms with van der Waals surface area (Å²) in [4.78, 5) is 11.5. The maximum absolute atomic E-state index is 14.0. The van der Waals surface area contributed by atoms with E-state index in [1.54, 1.807) is 24.3 Å². The van der Waals surface area contributed by atoms with E-state index in [2.05, 4.69) is 21.0 Å².